The Kier molecular flexibility index (Phi) is 5.74. The van der Waals surface area contributed by atoms with Gasteiger partial charge in [-0.2, -0.15) is 0 Å². The van der Waals surface area contributed by atoms with Crippen LogP contribution in [0.5, 0.6) is 0 Å². The van der Waals surface area contributed by atoms with Crippen molar-refractivity contribution in [2.45, 2.75) is 0 Å². The van der Waals surface area contributed by atoms with Crippen molar-refractivity contribution in [2.75, 3.05) is 0 Å². The maximum absolute atomic E-state index is 8.00. The fourth-order valence-corrected chi connectivity index (χ4v) is 1.17. The number of para-hydroxylation sites is 1. The van der Waals surface area contributed by atoms with Crippen molar-refractivity contribution in [1.29, 1.82) is 0 Å². The minimum Gasteiger partial charge on any atom is -0.307 e. The summed E-state index contributed by atoms with van der Waals surface area (Å²) in [6.07, 6.45) is 0. The highest BCUT2D eigenvalue weighted by atomic mass is 16.1. The van der Waals surface area contributed by atoms with E-state index in [2.05, 4.69) is 15.4 Å². The SMILES string of the molecule is C=O.c1ccc2[nH]nnc2c1.c1ccccc1. The molecule has 0 saturated heterocycles. The van der Waals surface area contributed by atoms with Gasteiger partial charge in [0, 0.05) is 0 Å². The first-order valence-corrected chi connectivity index (χ1v) is 5.01. The minimum atomic E-state index is 0.914. The van der Waals surface area contributed by atoms with Crippen LogP contribution < -0.4 is 0 Å². The number of aromatic nitrogens is 3. The highest BCUT2D eigenvalue weighted by Gasteiger charge is 1.90. The fourth-order valence-electron chi connectivity index (χ4n) is 1.17. The van der Waals surface area contributed by atoms with E-state index >= 15 is 0 Å². The molecule has 4 heteroatoms. The Morgan fingerprint density at radius 1 is 0.824 bits per heavy atom. The van der Waals surface area contributed by atoms with Crippen LogP contribution in [0.25, 0.3) is 11.0 Å². The molecule has 0 aliphatic heterocycles. The number of nitrogens with zero attached hydrogens (tertiary/aromatic N) is 2. The second-order valence-corrected chi connectivity index (χ2v) is 2.98. The van der Waals surface area contributed by atoms with Crippen LogP contribution in [-0.2, 0) is 4.79 Å². The van der Waals surface area contributed by atoms with E-state index in [0.29, 0.717) is 0 Å². The van der Waals surface area contributed by atoms with E-state index in [4.69, 9.17) is 4.79 Å². The monoisotopic (exact) mass is 227 g/mol. The maximum Gasteiger partial charge on any atom is 0.112 e. The van der Waals surface area contributed by atoms with Gasteiger partial charge in [-0.3, -0.25) is 5.10 Å². The summed E-state index contributed by atoms with van der Waals surface area (Å²) in [5, 5.41) is 10.2. The number of H-pyrrole nitrogens is 1. The van der Waals surface area contributed by atoms with Gasteiger partial charge in [-0.1, -0.05) is 53.7 Å². The van der Waals surface area contributed by atoms with Gasteiger partial charge >= 0.3 is 0 Å². The molecule has 2 aromatic carbocycles. The number of fused-ring (bicyclic) bond motifs is 1. The second kappa shape index (κ2) is 7.76. The molecule has 1 heterocycles. The Morgan fingerprint density at radius 3 is 1.88 bits per heavy atom. The average Bonchev–Trinajstić information content (AvgIpc) is 2.92. The number of carbonyl (C=O) groups is 1. The molecule has 3 rings (SSSR count). The number of rotatable bonds is 0. The number of benzene rings is 2. The van der Waals surface area contributed by atoms with Crippen LogP contribution in [0.3, 0.4) is 0 Å². The first-order valence-electron chi connectivity index (χ1n) is 5.01. The normalized spacial score (nSPS) is 8.47. The third-order valence-electron chi connectivity index (χ3n) is 1.90. The van der Waals surface area contributed by atoms with E-state index in [1.54, 1.807) is 0 Å². The largest absolute Gasteiger partial charge is 0.307 e. The molecular formula is C13H13N3O. The van der Waals surface area contributed by atoms with E-state index in [1.165, 1.54) is 0 Å². The number of nitrogens with one attached hydrogen (secondary N) is 1. The lowest BCUT2D eigenvalue weighted by atomic mass is 10.3. The number of hydrogen-bond acceptors (Lipinski definition) is 3. The summed E-state index contributed by atoms with van der Waals surface area (Å²) in [5.74, 6) is 0. The molecule has 1 N–H and O–H groups in total. The van der Waals surface area contributed by atoms with Crippen LogP contribution in [0.1, 0.15) is 0 Å². The zero-order valence-electron chi connectivity index (χ0n) is 9.28. The lowest BCUT2D eigenvalue weighted by molar-refractivity contribution is -0.0979. The Morgan fingerprint density at radius 2 is 1.35 bits per heavy atom. The van der Waals surface area contributed by atoms with E-state index in [9.17, 15) is 0 Å². The van der Waals surface area contributed by atoms with Gasteiger partial charge in [-0.25, -0.2) is 0 Å². The highest BCUT2D eigenvalue weighted by molar-refractivity contribution is 5.72. The number of aromatic amines is 1. The minimum absolute atomic E-state index is 0.914. The van der Waals surface area contributed by atoms with Crippen LogP contribution in [0.2, 0.25) is 0 Å². The molecule has 0 unspecified atom stereocenters. The molecule has 3 aromatic rings. The molecule has 17 heavy (non-hydrogen) atoms. The van der Waals surface area contributed by atoms with Gasteiger partial charge in [-0.15, -0.1) is 5.10 Å². The molecule has 4 nitrogen and oxygen atoms in total. The van der Waals surface area contributed by atoms with Crippen molar-refractivity contribution in [3.05, 3.63) is 60.7 Å². The quantitative estimate of drug-likeness (QED) is 0.641. The van der Waals surface area contributed by atoms with Crippen molar-refractivity contribution in [1.82, 2.24) is 15.4 Å². The van der Waals surface area contributed by atoms with E-state index in [0.717, 1.165) is 11.0 Å². The molecule has 0 saturated carbocycles. The molecule has 0 spiro atoms. The molecule has 0 radical (unpaired) electrons. The fraction of sp³-hybridized carbons (Fsp3) is 0. The van der Waals surface area contributed by atoms with Crippen molar-refractivity contribution in [3.8, 4) is 0 Å². The standard InChI is InChI=1S/C6H5N3.C6H6.CH2O/c1-2-4-6-5(3-1)7-9-8-6;1-2-4-6-5-3-1;1-2/h1-4H,(H,7,8,9);1-6H;1H2. The topological polar surface area (TPSA) is 58.6 Å². The molecule has 0 fully saturated rings. The molecule has 0 aliphatic carbocycles. The Bertz CT molecular complexity index is 465. The summed E-state index contributed by atoms with van der Waals surface area (Å²) in [4.78, 5) is 8.00. The summed E-state index contributed by atoms with van der Waals surface area (Å²) in [5.41, 5.74) is 1.90. The molecule has 0 aliphatic rings. The van der Waals surface area contributed by atoms with E-state index < -0.39 is 0 Å². The summed E-state index contributed by atoms with van der Waals surface area (Å²) < 4.78 is 0. The van der Waals surface area contributed by atoms with Crippen molar-refractivity contribution in [3.63, 3.8) is 0 Å². The first kappa shape index (κ1) is 12.6. The van der Waals surface area contributed by atoms with Crippen LogP contribution in [-0.4, -0.2) is 22.2 Å². The van der Waals surface area contributed by atoms with Gasteiger partial charge < -0.3 is 4.79 Å². The smallest absolute Gasteiger partial charge is 0.112 e. The Labute approximate surface area is 99.3 Å². The van der Waals surface area contributed by atoms with Gasteiger partial charge in [-0.05, 0) is 12.1 Å². The third-order valence-corrected chi connectivity index (χ3v) is 1.90. The lowest BCUT2D eigenvalue weighted by Gasteiger charge is -1.79. The molecular weight excluding hydrogens is 214 g/mol. The Hall–Kier alpha value is -2.49. The average molecular weight is 227 g/mol. The maximum atomic E-state index is 8.00. The molecule has 1 aromatic heterocycles. The van der Waals surface area contributed by atoms with E-state index in [-0.39, 0.29) is 0 Å². The van der Waals surface area contributed by atoms with Crippen molar-refractivity contribution < 1.29 is 4.79 Å². The predicted molar refractivity (Wildman–Crippen MR) is 67.5 cm³/mol. The van der Waals surface area contributed by atoms with Crippen LogP contribution >= 0.6 is 0 Å². The molecule has 86 valence electrons. The lowest BCUT2D eigenvalue weighted by Crippen LogP contribution is -1.63. The van der Waals surface area contributed by atoms with Crippen molar-refractivity contribution in [2.24, 2.45) is 0 Å². The summed E-state index contributed by atoms with van der Waals surface area (Å²) in [7, 11) is 0. The summed E-state index contributed by atoms with van der Waals surface area (Å²) in [6, 6.07) is 19.7. The van der Waals surface area contributed by atoms with Gasteiger partial charge in [0.2, 0.25) is 0 Å². The van der Waals surface area contributed by atoms with Gasteiger partial charge in [0.15, 0.2) is 0 Å². The van der Waals surface area contributed by atoms with E-state index in [1.807, 2.05) is 67.5 Å². The third kappa shape index (κ3) is 4.25. The van der Waals surface area contributed by atoms with Crippen LogP contribution in [0, 0.1) is 0 Å². The second-order valence-electron chi connectivity index (χ2n) is 2.98. The number of carbonyl (C=O) groups excluding carboxylic acids is 1. The van der Waals surface area contributed by atoms with Crippen LogP contribution in [0.4, 0.5) is 0 Å². The Balaban J connectivity index is 0.000000158. The van der Waals surface area contributed by atoms with Gasteiger partial charge in [0.05, 0.1) is 5.52 Å². The first-order chi connectivity index (χ1) is 8.47. The van der Waals surface area contributed by atoms with Crippen molar-refractivity contribution >= 4 is 17.8 Å². The number of hydrogen-bond donors (Lipinski definition) is 1. The summed E-state index contributed by atoms with van der Waals surface area (Å²) in [6.45, 7) is 2.00. The molecule has 0 atom stereocenters. The molecule has 0 amide bonds. The van der Waals surface area contributed by atoms with Crippen LogP contribution in [0.15, 0.2) is 60.7 Å². The molecule has 0 bridgehead atoms. The van der Waals surface area contributed by atoms with Gasteiger partial charge in [0.1, 0.15) is 12.3 Å². The highest BCUT2D eigenvalue weighted by Crippen LogP contribution is 2.03. The predicted octanol–water partition coefficient (Wildman–Crippen LogP) is 2.46. The zero-order chi connectivity index (χ0) is 12.3. The van der Waals surface area contributed by atoms with Gasteiger partial charge in [0.25, 0.3) is 0 Å². The summed E-state index contributed by atoms with van der Waals surface area (Å²) >= 11 is 0. The zero-order valence-corrected chi connectivity index (χ0v) is 9.28.